The van der Waals surface area contributed by atoms with Gasteiger partial charge >= 0.3 is 6.09 Å². The van der Waals surface area contributed by atoms with Crippen molar-refractivity contribution in [2.24, 2.45) is 17.6 Å². The number of aliphatic hydroxyl groups excluding tert-OH is 1. The third kappa shape index (κ3) is 8.31. The molecule has 40 heavy (non-hydrogen) atoms. The molecule has 2 bridgehead atoms. The quantitative estimate of drug-likeness (QED) is 0.209. The molecule has 2 amide bonds. The highest BCUT2D eigenvalue weighted by Gasteiger charge is 2.32. The van der Waals surface area contributed by atoms with E-state index in [1.807, 2.05) is 6.92 Å². The van der Waals surface area contributed by atoms with Crippen molar-refractivity contribution >= 4 is 17.7 Å². The molecule has 7 atom stereocenters. The zero-order chi connectivity index (χ0) is 30.1. The zero-order valence-electron chi connectivity index (χ0n) is 24.1. The number of hydrogen-bond acceptors (Lipinski definition) is 9. The van der Waals surface area contributed by atoms with Gasteiger partial charge < -0.3 is 45.3 Å². The van der Waals surface area contributed by atoms with E-state index in [4.69, 9.17) is 24.7 Å². The van der Waals surface area contributed by atoms with E-state index in [1.54, 1.807) is 39.0 Å². The second-order valence-corrected chi connectivity index (χ2v) is 10.1. The number of methoxy groups -OCH3 is 3. The molecule has 0 fully saturated rings. The predicted octanol–water partition coefficient (Wildman–Crippen LogP) is 3.70. The molecule has 1 aromatic carbocycles. The number of benzene rings is 1. The van der Waals surface area contributed by atoms with Crippen LogP contribution in [0, 0.1) is 11.8 Å². The number of primary amides is 1. The Morgan fingerprint density at radius 2 is 1.73 bits per heavy atom. The first-order valence-electron chi connectivity index (χ1n) is 13.0. The van der Waals surface area contributed by atoms with Crippen LogP contribution in [0.1, 0.15) is 45.8 Å². The molecule has 0 saturated carbocycles. The lowest BCUT2D eigenvalue weighted by molar-refractivity contribution is -0.112. The second-order valence-electron chi connectivity index (χ2n) is 10.1. The molecule has 11 heteroatoms. The average Bonchev–Trinajstić information content (AvgIpc) is 2.90. The number of allylic oxidation sites excluding steroid dienone is 2. The van der Waals surface area contributed by atoms with Crippen molar-refractivity contribution in [2.75, 3.05) is 26.6 Å². The van der Waals surface area contributed by atoms with Gasteiger partial charge in [0.05, 0.1) is 24.0 Å². The molecule has 2 rings (SSSR count). The van der Waals surface area contributed by atoms with Gasteiger partial charge in [0.15, 0.2) is 6.10 Å². The monoisotopic (exact) mass is 562 g/mol. The number of carbonyl (C=O) groups excluding carboxylic acids is 2. The number of anilines is 1. The van der Waals surface area contributed by atoms with Crippen LogP contribution in [0.3, 0.4) is 0 Å². The lowest BCUT2D eigenvalue weighted by atomic mass is 9.86. The normalized spacial score (nSPS) is 31.4. The van der Waals surface area contributed by atoms with Crippen molar-refractivity contribution in [2.45, 2.75) is 64.6 Å². The van der Waals surface area contributed by atoms with Crippen molar-refractivity contribution in [1.82, 2.24) is 0 Å². The summed E-state index contributed by atoms with van der Waals surface area (Å²) in [4.78, 5) is 24.6. The minimum atomic E-state index is -0.995. The molecule has 0 aliphatic carbocycles. The Kier molecular flexibility index (Phi) is 12.2. The Labute approximate surface area is 235 Å². The summed E-state index contributed by atoms with van der Waals surface area (Å²) >= 11 is 0. The minimum absolute atomic E-state index is 0.00496. The summed E-state index contributed by atoms with van der Waals surface area (Å²) in [7, 11) is 4.39. The van der Waals surface area contributed by atoms with Gasteiger partial charge in [-0.25, -0.2) is 4.79 Å². The molecular formula is C29H42N2O9. The van der Waals surface area contributed by atoms with Gasteiger partial charge in [-0.2, -0.15) is 0 Å². The number of aliphatic hydroxyl groups is 1. The van der Waals surface area contributed by atoms with Crippen LogP contribution >= 0.6 is 0 Å². The largest absolute Gasteiger partial charge is 0.508 e. The van der Waals surface area contributed by atoms with Crippen molar-refractivity contribution < 1.29 is 43.9 Å². The van der Waals surface area contributed by atoms with Crippen LogP contribution < -0.4 is 11.1 Å². The standard InChI is InChI=1S/C29H42N2O9/c1-15-9-8-10-22(37-5)27(40-29(30)36)17(3)11-16(2)24(33)23(38-6)12-18(4)26(39-7)20-13-19(32)14-21(25(20)34)31-28(15)35/h8-11,13-14,16,18,22-24,26-27,32-34H,12H2,1-7H3,(H2,30,36)(H,31,35)/b10-8?,15-9-,17-11+/t16-,18-,22-,23-,24+,26+,27-/m0/s1. The molecule has 0 radical (unpaired) electrons. The lowest BCUT2D eigenvalue weighted by Gasteiger charge is -2.32. The number of amides is 2. The highest BCUT2D eigenvalue weighted by Crippen LogP contribution is 2.41. The summed E-state index contributed by atoms with van der Waals surface area (Å²) in [5, 5.41) is 35.3. The Morgan fingerprint density at radius 1 is 1.05 bits per heavy atom. The number of rotatable bonds is 4. The van der Waals surface area contributed by atoms with Crippen molar-refractivity contribution in [3.63, 3.8) is 0 Å². The first-order valence-corrected chi connectivity index (χ1v) is 13.0. The van der Waals surface area contributed by atoms with E-state index in [0.717, 1.165) is 0 Å². The van der Waals surface area contributed by atoms with Gasteiger partial charge in [0, 0.05) is 44.5 Å². The van der Waals surface area contributed by atoms with Gasteiger partial charge in [0.25, 0.3) is 5.91 Å². The molecule has 0 saturated heterocycles. The predicted molar refractivity (Wildman–Crippen MR) is 150 cm³/mol. The van der Waals surface area contributed by atoms with Crippen LogP contribution in [0.4, 0.5) is 10.5 Å². The van der Waals surface area contributed by atoms with E-state index in [0.29, 0.717) is 12.0 Å². The Hall–Kier alpha value is -3.38. The SMILES string of the molecule is CO[C@H]1C=C/C=C(/C)C(=O)Nc2cc(O)cc(c2O)[C@H](OC)[C@@H](C)C[C@H](OC)[C@H](O)[C@@H](C)/C=C(\C)[C@@H]1OC(N)=O. The Morgan fingerprint density at radius 3 is 2.30 bits per heavy atom. The highest BCUT2D eigenvalue weighted by molar-refractivity contribution is 6.04. The fourth-order valence-corrected chi connectivity index (χ4v) is 4.88. The van der Waals surface area contributed by atoms with Crippen molar-refractivity contribution in [3.8, 4) is 11.5 Å². The van der Waals surface area contributed by atoms with Crippen LogP contribution in [0.5, 0.6) is 11.5 Å². The molecular weight excluding hydrogens is 520 g/mol. The maximum atomic E-state index is 12.9. The summed E-state index contributed by atoms with van der Waals surface area (Å²) in [6.07, 6.45) is 1.78. The first kappa shape index (κ1) is 32.8. The topological polar surface area (TPSA) is 170 Å². The van der Waals surface area contributed by atoms with E-state index in [-0.39, 0.29) is 34.2 Å². The first-order chi connectivity index (χ1) is 18.8. The third-order valence-corrected chi connectivity index (χ3v) is 7.07. The average molecular weight is 563 g/mol. The molecule has 0 spiro atoms. The number of phenolic OH excluding ortho intramolecular Hbond substituents is 2. The summed E-state index contributed by atoms with van der Waals surface area (Å²) in [5.74, 6) is -1.70. The molecule has 222 valence electrons. The number of nitrogens with one attached hydrogen (secondary N) is 1. The molecule has 0 aromatic heterocycles. The van der Waals surface area contributed by atoms with Gasteiger partial charge in [-0.05, 0) is 37.8 Å². The lowest BCUT2D eigenvalue weighted by Crippen LogP contribution is -2.37. The van der Waals surface area contributed by atoms with Crippen molar-refractivity contribution in [3.05, 3.63) is 53.1 Å². The minimum Gasteiger partial charge on any atom is -0.508 e. The molecule has 6 N–H and O–H groups in total. The molecule has 0 unspecified atom stereocenters. The number of nitrogens with two attached hydrogens (primary N) is 1. The van der Waals surface area contributed by atoms with E-state index in [1.165, 1.54) is 39.5 Å². The number of hydrogen-bond donors (Lipinski definition) is 5. The van der Waals surface area contributed by atoms with Gasteiger partial charge in [0.1, 0.15) is 17.6 Å². The number of phenols is 2. The second kappa shape index (κ2) is 14.8. The maximum Gasteiger partial charge on any atom is 0.405 e. The summed E-state index contributed by atoms with van der Waals surface area (Å²) in [5.41, 5.74) is 6.48. The smallest absolute Gasteiger partial charge is 0.405 e. The third-order valence-electron chi connectivity index (χ3n) is 7.07. The number of aromatic hydroxyl groups is 2. The number of ether oxygens (including phenoxy) is 4. The molecule has 1 aliphatic rings. The van der Waals surface area contributed by atoms with Gasteiger partial charge in [-0.3, -0.25) is 4.79 Å². The van der Waals surface area contributed by atoms with Crippen LogP contribution in [0.15, 0.2) is 47.6 Å². The number of carbonyl (C=O) groups is 2. The van der Waals surface area contributed by atoms with Crippen LogP contribution in [0.2, 0.25) is 0 Å². The summed E-state index contributed by atoms with van der Waals surface area (Å²) < 4.78 is 22.3. The summed E-state index contributed by atoms with van der Waals surface area (Å²) in [6, 6.07) is 2.62. The molecule has 1 aromatic rings. The fraction of sp³-hybridized carbons (Fsp3) is 0.517. The van der Waals surface area contributed by atoms with Crippen molar-refractivity contribution in [1.29, 1.82) is 0 Å². The maximum absolute atomic E-state index is 12.9. The van der Waals surface area contributed by atoms with Gasteiger partial charge in [-0.15, -0.1) is 0 Å². The molecule has 11 nitrogen and oxygen atoms in total. The van der Waals surface area contributed by atoms with Crippen LogP contribution in [-0.2, 0) is 23.7 Å². The summed E-state index contributed by atoms with van der Waals surface area (Å²) in [6.45, 7) is 6.97. The zero-order valence-corrected chi connectivity index (χ0v) is 24.1. The fourth-order valence-electron chi connectivity index (χ4n) is 4.88. The van der Waals surface area contributed by atoms with Crippen LogP contribution in [-0.4, -0.2) is 73.1 Å². The molecule has 1 aliphatic heterocycles. The highest BCUT2D eigenvalue weighted by atomic mass is 16.6. The molecule has 1 heterocycles. The van der Waals surface area contributed by atoms with E-state index < -0.39 is 48.4 Å². The number of fused-ring (bicyclic) bond motifs is 2. The van der Waals surface area contributed by atoms with E-state index in [2.05, 4.69) is 5.32 Å². The van der Waals surface area contributed by atoms with Gasteiger partial charge in [0.2, 0.25) is 0 Å². The Balaban J connectivity index is 2.67. The Bertz CT molecular complexity index is 1130. The van der Waals surface area contributed by atoms with E-state index >= 15 is 0 Å². The van der Waals surface area contributed by atoms with E-state index in [9.17, 15) is 24.9 Å². The van der Waals surface area contributed by atoms with Crippen LogP contribution in [0.25, 0.3) is 0 Å². The van der Waals surface area contributed by atoms with Gasteiger partial charge in [-0.1, -0.05) is 38.2 Å².